The zero-order valence-electron chi connectivity index (χ0n) is 12.1. The molecular weight excluding hydrogens is 335 g/mol. The summed E-state index contributed by atoms with van der Waals surface area (Å²) in [5.74, 6) is 0. The van der Waals surface area contributed by atoms with Crippen molar-refractivity contribution in [1.82, 2.24) is 0 Å². The summed E-state index contributed by atoms with van der Waals surface area (Å²) in [7, 11) is 0. The van der Waals surface area contributed by atoms with Crippen molar-refractivity contribution in [3.63, 3.8) is 0 Å². The molecule has 0 amide bonds. The predicted molar refractivity (Wildman–Crippen MR) is 87.0 cm³/mol. The molecule has 2 aromatic rings. The van der Waals surface area contributed by atoms with E-state index in [0.717, 1.165) is 0 Å². The van der Waals surface area contributed by atoms with Crippen molar-refractivity contribution in [2.45, 2.75) is 31.6 Å². The molecule has 0 aliphatic carbocycles. The molecule has 0 nitrogen and oxygen atoms in total. The van der Waals surface area contributed by atoms with Gasteiger partial charge in [-0.15, -0.1) is 0 Å². The summed E-state index contributed by atoms with van der Waals surface area (Å²) < 4.78 is 5.65. The zero-order chi connectivity index (χ0) is 13.6. The van der Waals surface area contributed by atoms with Crippen LogP contribution in [0.4, 0.5) is 0 Å². The summed E-state index contributed by atoms with van der Waals surface area (Å²) in [6, 6.07) is 22.2. The van der Waals surface area contributed by atoms with E-state index in [-0.39, 0.29) is 0 Å². The average Bonchev–Trinajstić information content (AvgIpc) is 2.48. The first-order chi connectivity index (χ1) is 9.28. The van der Waals surface area contributed by atoms with Crippen LogP contribution in [0.25, 0.3) is 0 Å². The minimum atomic E-state index is -2.05. The minimum absolute atomic E-state index is 1.39. The Morgan fingerprint density at radius 3 is 1.32 bits per heavy atom. The molecule has 0 saturated carbocycles. The molecule has 0 saturated heterocycles. The third-order valence-corrected chi connectivity index (χ3v) is 19.5. The third kappa shape index (κ3) is 4.10. The van der Waals surface area contributed by atoms with Gasteiger partial charge in [0, 0.05) is 0 Å². The SMILES string of the molecule is C[CH2][Sn]([CH2]C)([CH2]c1ccccc1)[CH2]c1ccccc1. The Morgan fingerprint density at radius 2 is 1.00 bits per heavy atom. The molecule has 1 heteroatoms. The molecule has 0 aliphatic heterocycles. The summed E-state index contributed by atoms with van der Waals surface area (Å²) in [6.45, 7) is 4.84. The van der Waals surface area contributed by atoms with Gasteiger partial charge in [-0.2, -0.15) is 0 Å². The van der Waals surface area contributed by atoms with E-state index in [9.17, 15) is 0 Å². The fourth-order valence-corrected chi connectivity index (χ4v) is 13.8. The number of hydrogen-bond donors (Lipinski definition) is 0. The molecule has 0 spiro atoms. The van der Waals surface area contributed by atoms with E-state index in [2.05, 4.69) is 74.5 Å². The van der Waals surface area contributed by atoms with Gasteiger partial charge >= 0.3 is 122 Å². The van der Waals surface area contributed by atoms with Crippen LogP contribution in [0, 0.1) is 0 Å². The van der Waals surface area contributed by atoms with Crippen LogP contribution >= 0.6 is 0 Å². The van der Waals surface area contributed by atoms with Gasteiger partial charge < -0.3 is 0 Å². The van der Waals surface area contributed by atoms with Gasteiger partial charge in [0.25, 0.3) is 0 Å². The summed E-state index contributed by atoms with van der Waals surface area (Å²) in [6.07, 6.45) is 0. The Hall–Kier alpha value is -0.761. The Morgan fingerprint density at radius 1 is 0.632 bits per heavy atom. The first-order valence-corrected chi connectivity index (χ1v) is 15.4. The first-order valence-electron chi connectivity index (χ1n) is 7.36. The molecule has 19 heavy (non-hydrogen) atoms. The van der Waals surface area contributed by atoms with Crippen molar-refractivity contribution in [1.29, 1.82) is 0 Å². The van der Waals surface area contributed by atoms with Crippen LogP contribution in [0.3, 0.4) is 0 Å². The number of hydrogen-bond acceptors (Lipinski definition) is 0. The van der Waals surface area contributed by atoms with Gasteiger partial charge in [-0.25, -0.2) is 0 Å². The van der Waals surface area contributed by atoms with Gasteiger partial charge in [0.1, 0.15) is 0 Å². The van der Waals surface area contributed by atoms with E-state index in [4.69, 9.17) is 0 Å². The monoisotopic (exact) mass is 360 g/mol. The Kier molecular flexibility index (Phi) is 5.50. The summed E-state index contributed by atoms with van der Waals surface area (Å²) >= 11 is -2.05. The standard InChI is InChI=1S/2C7H7.2C2H5.Sn/c2*1-7-5-3-2-4-6-7;2*1-2;/h2*2-6H,1H2;2*1H2,2H3;. The van der Waals surface area contributed by atoms with Crippen molar-refractivity contribution >= 4 is 18.4 Å². The molecule has 0 aliphatic rings. The van der Waals surface area contributed by atoms with Crippen LogP contribution < -0.4 is 0 Å². The molecule has 0 atom stereocenters. The van der Waals surface area contributed by atoms with E-state index in [0.29, 0.717) is 0 Å². The van der Waals surface area contributed by atoms with Gasteiger partial charge in [0.15, 0.2) is 0 Å². The van der Waals surface area contributed by atoms with Crippen molar-refractivity contribution in [2.75, 3.05) is 0 Å². The van der Waals surface area contributed by atoms with E-state index >= 15 is 0 Å². The predicted octanol–water partition coefficient (Wildman–Crippen LogP) is 5.04. The Balaban J connectivity index is 2.18. The second-order valence-electron chi connectivity index (χ2n) is 5.53. The van der Waals surface area contributed by atoms with Crippen LogP contribution in [-0.4, -0.2) is 18.4 Å². The fourth-order valence-electron chi connectivity index (χ4n) is 2.87. The van der Waals surface area contributed by atoms with E-state index < -0.39 is 18.4 Å². The van der Waals surface area contributed by atoms with Crippen LogP contribution in [0.15, 0.2) is 60.7 Å². The Bertz CT molecular complexity index is 428. The Labute approximate surface area is 121 Å². The third-order valence-electron chi connectivity index (χ3n) is 4.34. The first kappa shape index (κ1) is 14.6. The van der Waals surface area contributed by atoms with Crippen molar-refractivity contribution < 1.29 is 0 Å². The molecule has 100 valence electrons. The molecule has 2 aromatic carbocycles. The van der Waals surface area contributed by atoms with Gasteiger partial charge in [0.2, 0.25) is 0 Å². The topological polar surface area (TPSA) is 0 Å². The van der Waals surface area contributed by atoms with Gasteiger partial charge in [-0.3, -0.25) is 0 Å². The van der Waals surface area contributed by atoms with Crippen molar-refractivity contribution in [3.8, 4) is 0 Å². The van der Waals surface area contributed by atoms with Gasteiger partial charge in [-0.05, 0) is 0 Å². The maximum absolute atomic E-state index is 2.42. The van der Waals surface area contributed by atoms with Gasteiger partial charge in [-0.1, -0.05) is 0 Å². The maximum atomic E-state index is 2.42. The van der Waals surface area contributed by atoms with Crippen LogP contribution in [0.5, 0.6) is 0 Å². The van der Waals surface area contributed by atoms with E-state index in [1.165, 1.54) is 17.7 Å². The summed E-state index contributed by atoms with van der Waals surface area (Å²) in [5, 5.41) is 0. The average molecular weight is 359 g/mol. The fraction of sp³-hybridized carbons (Fsp3) is 0.333. The van der Waals surface area contributed by atoms with Crippen molar-refractivity contribution in [3.05, 3.63) is 71.8 Å². The molecule has 0 heterocycles. The summed E-state index contributed by atoms with van der Waals surface area (Å²) in [4.78, 5) is 0. The molecular formula is C18H24Sn. The number of benzene rings is 2. The second-order valence-corrected chi connectivity index (χ2v) is 20.1. The molecule has 0 radical (unpaired) electrons. The van der Waals surface area contributed by atoms with Gasteiger partial charge in [0.05, 0.1) is 0 Å². The van der Waals surface area contributed by atoms with Crippen LogP contribution in [0.2, 0.25) is 8.87 Å². The zero-order valence-corrected chi connectivity index (χ0v) is 15.0. The number of rotatable bonds is 6. The second kappa shape index (κ2) is 7.14. The molecule has 0 bridgehead atoms. The van der Waals surface area contributed by atoms with E-state index in [1.54, 1.807) is 11.1 Å². The molecule has 0 unspecified atom stereocenters. The molecule has 0 N–H and O–H groups in total. The van der Waals surface area contributed by atoms with E-state index in [1.807, 2.05) is 0 Å². The van der Waals surface area contributed by atoms with Crippen LogP contribution in [0.1, 0.15) is 25.0 Å². The molecule has 0 fully saturated rings. The van der Waals surface area contributed by atoms with Crippen molar-refractivity contribution in [2.24, 2.45) is 0 Å². The normalized spacial score (nSPS) is 11.5. The molecule has 0 aromatic heterocycles. The van der Waals surface area contributed by atoms with Crippen LogP contribution in [-0.2, 0) is 8.87 Å². The quantitative estimate of drug-likeness (QED) is 0.634. The summed E-state index contributed by atoms with van der Waals surface area (Å²) in [5.41, 5.74) is 3.11. The molecule has 2 rings (SSSR count).